The first-order chi connectivity index (χ1) is 8.82. The number of nitrogens with zero attached hydrogens (tertiary/aromatic N) is 1. The summed E-state index contributed by atoms with van der Waals surface area (Å²) in [5.74, 6) is -0.693. The van der Waals surface area contributed by atoms with Gasteiger partial charge in [-0.2, -0.15) is 13.2 Å². The number of methoxy groups -OCH3 is 1. The van der Waals surface area contributed by atoms with Crippen molar-refractivity contribution in [2.24, 2.45) is 4.99 Å². The normalized spacial score (nSPS) is 12.4. The lowest BCUT2D eigenvalue weighted by Gasteiger charge is -2.10. The van der Waals surface area contributed by atoms with Crippen LogP contribution in [-0.2, 0) is 9.53 Å². The molecule has 0 spiro atoms. The van der Waals surface area contributed by atoms with Crippen molar-refractivity contribution in [3.05, 3.63) is 29.8 Å². The smallest absolute Gasteiger partial charge is 0.429 e. The van der Waals surface area contributed by atoms with Crippen LogP contribution in [-0.4, -0.2) is 25.0 Å². The van der Waals surface area contributed by atoms with Crippen molar-refractivity contribution in [2.75, 3.05) is 7.11 Å². The second-order valence-electron chi connectivity index (χ2n) is 3.97. The van der Waals surface area contributed by atoms with Gasteiger partial charge in [0.05, 0.1) is 19.2 Å². The number of benzene rings is 1. The molecule has 0 bridgehead atoms. The minimum Gasteiger partial charge on any atom is -0.469 e. The third kappa shape index (κ3) is 5.11. The Morgan fingerprint density at radius 3 is 2.53 bits per heavy atom. The molecule has 1 aromatic carbocycles. The average molecular weight is 273 g/mol. The molecule has 1 rings (SSSR count). The van der Waals surface area contributed by atoms with Crippen molar-refractivity contribution >= 4 is 17.4 Å². The van der Waals surface area contributed by atoms with Gasteiger partial charge in [0, 0.05) is 6.42 Å². The van der Waals surface area contributed by atoms with Crippen LogP contribution in [0.3, 0.4) is 0 Å². The van der Waals surface area contributed by atoms with Crippen LogP contribution in [0.5, 0.6) is 0 Å². The monoisotopic (exact) mass is 273 g/mol. The predicted molar refractivity (Wildman–Crippen MR) is 65.6 cm³/mol. The van der Waals surface area contributed by atoms with E-state index in [2.05, 4.69) is 9.73 Å². The lowest BCUT2D eigenvalue weighted by atomic mass is 10.2. The van der Waals surface area contributed by atoms with Gasteiger partial charge in [0.15, 0.2) is 0 Å². The summed E-state index contributed by atoms with van der Waals surface area (Å²) in [5, 5.41) is 0. The van der Waals surface area contributed by atoms with Crippen molar-refractivity contribution in [3.63, 3.8) is 0 Å². The quantitative estimate of drug-likeness (QED) is 0.621. The zero-order valence-electron chi connectivity index (χ0n) is 10.6. The fraction of sp³-hybridized carbons (Fsp3) is 0.385. The molecule has 0 aliphatic carbocycles. The standard InChI is InChI=1S/C13H14F3NO2/c1-9-4-3-5-10(8-9)17-11(13(14,15)16)6-7-12(18)19-2/h3-5,8H,6-7H2,1-2H3. The van der Waals surface area contributed by atoms with E-state index < -0.39 is 24.3 Å². The summed E-state index contributed by atoms with van der Waals surface area (Å²) in [4.78, 5) is 14.5. The van der Waals surface area contributed by atoms with Crippen LogP contribution in [0.2, 0.25) is 0 Å². The van der Waals surface area contributed by atoms with Gasteiger partial charge >= 0.3 is 12.1 Å². The molecule has 0 heterocycles. The summed E-state index contributed by atoms with van der Waals surface area (Å²) < 4.78 is 42.7. The van der Waals surface area contributed by atoms with Gasteiger partial charge in [0.2, 0.25) is 0 Å². The van der Waals surface area contributed by atoms with E-state index in [1.54, 1.807) is 25.1 Å². The number of carbonyl (C=O) groups is 1. The zero-order chi connectivity index (χ0) is 14.5. The van der Waals surface area contributed by atoms with E-state index in [4.69, 9.17) is 0 Å². The summed E-state index contributed by atoms with van der Waals surface area (Å²) in [6.07, 6.45) is -5.40. The van der Waals surface area contributed by atoms with Gasteiger partial charge in [-0.1, -0.05) is 12.1 Å². The molecule has 1 aromatic rings. The predicted octanol–water partition coefficient (Wildman–Crippen LogP) is 3.58. The number of rotatable bonds is 4. The summed E-state index contributed by atoms with van der Waals surface area (Å²) in [6.45, 7) is 1.76. The Kier molecular flexibility index (Phi) is 5.09. The topological polar surface area (TPSA) is 38.7 Å². The first-order valence-corrected chi connectivity index (χ1v) is 5.61. The van der Waals surface area contributed by atoms with E-state index in [1.165, 1.54) is 6.07 Å². The second kappa shape index (κ2) is 6.36. The van der Waals surface area contributed by atoms with Gasteiger partial charge in [-0.15, -0.1) is 0 Å². The minimum atomic E-state index is -4.56. The Balaban J connectivity index is 2.94. The molecule has 0 saturated carbocycles. The lowest BCUT2D eigenvalue weighted by Crippen LogP contribution is -2.23. The molecule has 19 heavy (non-hydrogen) atoms. The van der Waals surface area contributed by atoms with Crippen molar-refractivity contribution in [1.82, 2.24) is 0 Å². The number of alkyl halides is 3. The van der Waals surface area contributed by atoms with Crippen LogP contribution >= 0.6 is 0 Å². The first kappa shape index (κ1) is 15.2. The van der Waals surface area contributed by atoms with E-state index in [-0.39, 0.29) is 12.1 Å². The highest BCUT2D eigenvalue weighted by Gasteiger charge is 2.35. The second-order valence-corrected chi connectivity index (χ2v) is 3.97. The fourth-order valence-corrected chi connectivity index (χ4v) is 1.44. The number of halogens is 3. The maximum absolute atomic E-state index is 12.8. The number of carbonyl (C=O) groups excluding carboxylic acids is 1. The number of esters is 1. The van der Waals surface area contributed by atoms with Gasteiger partial charge in [0.25, 0.3) is 0 Å². The molecule has 0 aromatic heterocycles. The van der Waals surface area contributed by atoms with Crippen LogP contribution < -0.4 is 0 Å². The molecule has 0 N–H and O–H groups in total. The Bertz CT molecular complexity index is 481. The van der Waals surface area contributed by atoms with Gasteiger partial charge in [-0.05, 0) is 24.6 Å². The van der Waals surface area contributed by atoms with Gasteiger partial charge in [-0.3, -0.25) is 4.79 Å². The molecule has 3 nitrogen and oxygen atoms in total. The highest BCUT2D eigenvalue weighted by atomic mass is 19.4. The molecule has 0 unspecified atom stereocenters. The van der Waals surface area contributed by atoms with Crippen molar-refractivity contribution < 1.29 is 22.7 Å². The Morgan fingerprint density at radius 2 is 2.00 bits per heavy atom. The van der Waals surface area contributed by atoms with Crippen LogP contribution in [0.4, 0.5) is 18.9 Å². The number of ether oxygens (including phenoxy) is 1. The van der Waals surface area contributed by atoms with Crippen LogP contribution in [0.25, 0.3) is 0 Å². The van der Waals surface area contributed by atoms with Crippen LogP contribution in [0, 0.1) is 6.92 Å². The molecular formula is C13H14F3NO2. The Hall–Kier alpha value is -1.85. The largest absolute Gasteiger partial charge is 0.469 e. The molecule has 0 aliphatic rings. The van der Waals surface area contributed by atoms with E-state index >= 15 is 0 Å². The molecule has 0 aliphatic heterocycles. The lowest BCUT2D eigenvalue weighted by molar-refractivity contribution is -0.140. The Labute approximate surface area is 109 Å². The summed E-state index contributed by atoms with van der Waals surface area (Å²) >= 11 is 0. The van der Waals surface area contributed by atoms with E-state index in [1.807, 2.05) is 0 Å². The van der Waals surface area contributed by atoms with Gasteiger partial charge < -0.3 is 4.74 Å². The van der Waals surface area contributed by atoms with Gasteiger partial charge in [-0.25, -0.2) is 4.99 Å². The van der Waals surface area contributed by atoms with Crippen LogP contribution in [0.1, 0.15) is 18.4 Å². The molecule has 0 radical (unpaired) electrons. The third-order valence-corrected chi connectivity index (χ3v) is 2.39. The highest BCUT2D eigenvalue weighted by Crippen LogP contribution is 2.24. The molecule has 0 saturated heterocycles. The van der Waals surface area contributed by atoms with Crippen LogP contribution in [0.15, 0.2) is 29.3 Å². The summed E-state index contributed by atoms with van der Waals surface area (Å²) in [6, 6.07) is 6.42. The maximum Gasteiger partial charge on any atom is 0.429 e. The third-order valence-electron chi connectivity index (χ3n) is 2.39. The molecular weight excluding hydrogens is 259 g/mol. The van der Waals surface area contributed by atoms with Crippen molar-refractivity contribution in [3.8, 4) is 0 Å². The Morgan fingerprint density at radius 1 is 1.32 bits per heavy atom. The van der Waals surface area contributed by atoms with E-state index in [0.29, 0.717) is 0 Å². The SMILES string of the molecule is COC(=O)CCC(=Nc1cccc(C)c1)C(F)(F)F. The average Bonchev–Trinajstić information content (AvgIpc) is 2.32. The minimum absolute atomic E-state index is 0.220. The fourth-order valence-electron chi connectivity index (χ4n) is 1.44. The zero-order valence-corrected chi connectivity index (χ0v) is 10.6. The number of hydrogen-bond acceptors (Lipinski definition) is 3. The number of hydrogen-bond donors (Lipinski definition) is 0. The van der Waals surface area contributed by atoms with E-state index in [9.17, 15) is 18.0 Å². The molecule has 0 fully saturated rings. The first-order valence-electron chi connectivity index (χ1n) is 5.61. The molecule has 0 amide bonds. The molecule has 104 valence electrons. The summed E-state index contributed by atoms with van der Waals surface area (Å²) in [7, 11) is 1.13. The van der Waals surface area contributed by atoms with E-state index in [0.717, 1.165) is 12.7 Å². The van der Waals surface area contributed by atoms with Crippen molar-refractivity contribution in [2.45, 2.75) is 25.9 Å². The van der Waals surface area contributed by atoms with Crippen molar-refractivity contribution in [1.29, 1.82) is 0 Å². The maximum atomic E-state index is 12.8. The molecule has 6 heteroatoms. The van der Waals surface area contributed by atoms with Gasteiger partial charge in [0.1, 0.15) is 5.71 Å². The molecule has 0 atom stereocenters. The number of aryl methyl sites for hydroxylation is 1. The highest BCUT2D eigenvalue weighted by molar-refractivity contribution is 5.93. The number of aliphatic imine (C=N–C) groups is 1. The summed E-state index contributed by atoms with van der Waals surface area (Å²) in [5.41, 5.74) is 0.0523.